The first-order valence-corrected chi connectivity index (χ1v) is 17.3. The van der Waals surface area contributed by atoms with Crippen molar-refractivity contribution in [2.24, 2.45) is 5.73 Å². The van der Waals surface area contributed by atoms with Gasteiger partial charge >= 0.3 is 11.9 Å². The Bertz CT molecular complexity index is 868. The summed E-state index contributed by atoms with van der Waals surface area (Å²) in [4.78, 5) is 35.9. The topological polar surface area (TPSA) is 148 Å². The van der Waals surface area contributed by atoms with Crippen LogP contribution in [0.25, 0.3) is 0 Å². The molecule has 10 nitrogen and oxygen atoms in total. The second kappa shape index (κ2) is 36.6. The van der Waals surface area contributed by atoms with E-state index in [-0.39, 0.29) is 24.3 Å². The van der Waals surface area contributed by atoms with Gasteiger partial charge in [0.2, 0.25) is 0 Å². The Labute approximate surface area is 275 Å². The van der Waals surface area contributed by atoms with Gasteiger partial charge in [0, 0.05) is 64.2 Å². The molecule has 4 radical (unpaired) electrons. The summed E-state index contributed by atoms with van der Waals surface area (Å²) in [7, 11) is 12.2. The van der Waals surface area contributed by atoms with Crippen LogP contribution in [-0.4, -0.2) is 98.2 Å². The molecule has 15 heteroatoms. The van der Waals surface area contributed by atoms with Gasteiger partial charge in [-0.1, -0.05) is 66.7 Å². The summed E-state index contributed by atoms with van der Waals surface area (Å²) in [6, 6.07) is 6.44. The van der Waals surface area contributed by atoms with Gasteiger partial charge in [-0.25, -0.2) is 19.6 Å². The summed E-state index contributed by atoms with van der Waals surface area (Å²) in [5, 5.41) is 3.43. The van der Waals surface area contributed by atoms with Gasteiger partial charge in [-0.15, -0.1) is 0 Å². The quantitative estimate of drug-likeness (QED) is 0.0744. The third-order valence-electron chi connectivity index (χ3n) is 4.71. The Hall–Kier alpha value is -2.61. The van der Waals surface area contributed by atoms with Crippen molar-refractivity contribution in [1.29, 1.82) is 0 Å². The molecule has 1 aromatic carbocycles. The first kappa shape index (κ1) is 43.5. The van der Waals surface area contributed by atoms with Crippen molar-refractivity contribution in [3.05, 3.63) is 72.8 Å². The van der Waals surface area contributed by atoms with E-state index in [0.29, 0.717) is 0 Å². The lowest BCUT2D eigenvalue weighted by Gasteiger charge is -2.07. The second-order valence-electron chi connectivity index (χ2n) is 8.23. The van der Waals surface area contributed by atoms with Crippen molar-refractivity contribution in [2.45, 2.75) is 53.3 Å². The highest BCUT2D eigenvalue weighted by Gasteiger charge is 2.17. The Morgan fingerprint density at radius 2 is 1.43 bits per heavy atom. The normalized spacial score (nSPS) is 9.20. The van der Waals surface area contributed by atoms with Gasteiger partial charge in [-0.2, -0.15) is 0 Å². The van der Waals surface area contributed by atoms with E-state index >= 15 is 0 Å². The predicted octanol–water partition coefficient (Wildman–Crippen LogP) is 4.80. The van der Waals surface area contributed by atoms with Gasteiger partial charge in [0.1, 0.15) is 0 Å². The molecular formula is C29H49B3N6O4S2. The van der Waals surface area contributed by atoms with Crippen LogP contribution >= 0.6 is 21.6 Å². The van der Waals surface area contributed by atoms with Crippen LogP contribution in [0.5, 0.6) is 0 Å². The minimum Gasteiger partial charge on any atom is -0.462 e. The number of nitrogens with two attached hydrogens (primary N) is 1. The minimum absolute atomic E-state index is 0.239. The number of benzene rings is 1. The van der Waals surface area contributed by atoms with Crippen LogP contribution in [0.2, 0.25) is 6.32 Å². The van der Waals surface area contributed by atoms with Crippen molar-refractivity contribution in [3.63, 3.8) is 0 Å². The number of hydrogen-bond donors (Lipinski definition) is 4. The van der Waals surface area contributed by atoms with E-state index in [1.54, 1.807) is 82.6 Å². The molecule has 5 N–H and O–H groups in total. The maximum absolute atomic E-state index is 11.5. The number of rotatable bonds is 16. The molecule has 44 heavy (non-hydrogen) atoms. The fraction of sp³-hybridized carbons (Fsp3) is 0.517. The van der Waals surface area contributed by atoms with Gasteiger partial charge in [-0.05, 0) is 38.9 Å². The lowest BCUT2D eigenvalue weighted by molar-refractivity contribution is 0.0479. The largest absolute Gasteiger partial charge is 0.462 e. The second-order valence-corrected chi connectivity index (χ2v) is 10.9. The van der Waals surface area contributed by atoms with E-state index < -0.39 is 11.9 Å². The van der Waals surface area contributed by atoms with Gasteiger partial charge in [0.05, 0.1) is 44.2 Å². The molecule has 2 aromatic heterocycles. The first-order valence-electron chi connectivity index (χ1n) is 14.8. The summed E-state index contributed by atoms with van der Waals surface area (Å²) in [5.41, 5.74) is 5.85. The summed E-state index contributed by atoms with van der Waals surface area (Å²) in [6.07, 6.45) is 15.2. The zero-order valence-electron chi connectivity index (χ0n) is 26.7. The fourth-order valence-electron chi connectivity index (χ4n) is 2.73. The first-order chi connectivity index (χ1) is 21.5. The zero-order chi connectivity index (χ0) is 32.9. The number of carbonyl (C=O) groups is 2. The molecule has 0 fully saturated rings. The number of unbranched alkanes of at least 4 members (excludes halogenated alkanes) is 2. The van der Waals surface area contributed by atoms with Crippen LogP contribution in [0.4, 0.5) is 0 Å². The average Bonchev–Trinajstić information content (AvgIpc) is 3.82. The Morgan fingerprint density at radius 3 is 1.77 bits per heavy atom. The fourth-order valence-corrected chi connectivity index (χ4v) is 4.53. The number of hydrogen-bond acceptors (Lipinski definition) is 10. The molecule has 0 saturated carbocycles. The van der Waals surface area contributed by atoms with E-state index in [9.17, 15) is 9.59 Å². The number of imidazole rings is 2. The molecule has 0 amide bonds. The number of aromatic nitrogens is 4. The molecule has 0 aliphatic rings. The summed E-state index contributed by atoms with van der Waals surface area (Å²) >= 11 is 0. The molecule has 3 aromatic rings. The number of esters is 2. The highest BCUT2D eigenvalue weighted by atomic mass is 33.1. The van der Waals surface area contributed by atoms with Crippen LogP contribution < -0.4 is 11.1 Å². The molecular weight excluding hydrogens is 593 g/mol. The van der Waals surface area contributed by atoms with E-state index in [0.717, 1.165) is 25.2 Å². The Balaban J connectivity index is 0. The van der Waals surface area contributed by atoms with E-state index in [1.165, 1.54) is 31.6 Å². The van der Waals surface area contributed by atoms with Crippen LogP contribution in [0.1, 0.15) is 67.7 Å². The third-order valence-corrected chi connectivity index (χ3v) is 7.14. The molecule has 0 unspecified atom stereocenters. The number of H-pyrrole nitrogens is 2. The molecule has 0 bridgehead atoms. The van der Waals surface area contributed by atoms with Crippen molar-refractivity contribution in [3.8, 4) is 0 Å². The number of nitrogens with zero attached hydrogens (tertiary/aromatic N) is 2. The lowest BCUT2D eigenvalue weighted by atomic mass is 9.27. The molecule has 0 atom stereocenters. The van der Waals surface area contributed by atoms with E-state index in [4.69, 9.17) is 22.9 Å². The van der Waals surface area contributed by atoms with Crippen molar-refractivity contribution in [2.75, 3.05) is 44.4 Å². The van der Waals surface area contributed by atoms with Crippen LogP contribution in [0.15, 0.2) is 61.7 Å². The maximum Gasteiger partial charge on any atom is 0.338 e. The molecule has 0 spiro atoms. The SMILES string of the molecule is CCCCCNCCSSCCN.CCOC(=O)c1ccccc1C(=O)OCC.[B][B][B]CC.c1c[nH]cn1.c1c[nH]cn1. The average molecular weight is 642 g/mol. The van der Waals surface area contributed by atoms with Gasteiger partial charge in [0.15, 0.2) is 0 Å². The molecule has 3 rings (SSSR count). The third kappa shape index (κ3) is 29.5. The number of carbonyl (C=O) groups excluding carboxylic acids is 2. The van der Waals surface area contributed by atoms with E-state index in [1.807, 2.05) is 35.7 Å². The maximum atomic E-state index is 11.5. The molecule has 0 aliphatic heterocycles. The van der Waals surface area contributed by atoms with Crippen molar-refractivity contribution >= 4 is 55.5 Å². The molecule has 2 heterocycles. The monoisotopic (exact) mass is 642 g/mol. The summed E-state index contributed by atoms with van der Waals surface area (Å²) < 4.78 is 9.70. The highest BCUT2D eigenvalue weighted by molar-refractivity contribution is 8.76. The molecule has 0 aliphatic carbocycles. The minimum atomic E-state index is -0.508. The predicted molar refractivity (Wildman–Crippen MR) is 190 cm³/mol. The van der Waals surface area contributed by atoms with Crippen molar-refractivity contribution < 1.29 is 19.1 Å². The molecule has 240 valence electrons. The summed E-state index contributed by atoms with van der Waals surface area (Å²) in [5.74, 6) is 1.24. The van der Waals surface area contributed by atoms with E-state index in [2.05, 4.69) is 32.2 Å². The van der Waals surface area contributed by atoms with Gasteiger partial charge < -0.3 is 30.5 Å². The van der Waals surface area contributed by atoms with Gasteiger partial charge in [-0.3, -0.25) is 0 Å². The van der Waals surface area contributed by atoms with Crippen LogP contribution in [0.3, 0.4) is 0 Å². The Kier molecular flexibility index (Phi) is 36.2. The standard InChI is InChI=1S/C12H14O4.C9H22N2S2.2C3H4N2.C2H5B3/c1-3-15-11(13)9-7-5-6-8-10(9)12(14)16-4-2;1-2-3-4-6-11-7-9-13-12-8-5-10;2*1-2-5-3-4-1;1-2-4-5-3/h5-8H,3-4H2,1-2H3;11H,2-10H2,1H3;2*1-3H,(H,4,5);2H2,1H3. The summed E-state index contributed by atoms with van der Waals surface area (Å²) in [6.45, 7) is 11.4. The number of ether oxygens (including phenoxy) is 2. The molecule has 0 saturated heterocycles. The van der Waals surface area contributed by atoms with Crippen LogP contribution in [-0.2, 0) is 9.47 Å². The number of nitrogens with one attached hydrogen (secondary N) is 3. The van der Waals surface area contributed by atoms with Gasteiger partial charge in [0.25, 0.3) is 0 Å². The Morgan fingerprint density at radius 1 is 0.886 bits per heavy atom. The van der Waals surface area contributed by atoms with Crippen molar-refractivity contribution in [1.82, 2.24) is 25.3 Å². The lowest BCUT2D eigenvalue weighted by Crippen LogP contribution is -2.18. The zero-order valence-corrected chi connectivity index (χ0v) is 28.3. The van der Waals surface area contributed by atoms with Crippen LogP contribution in [0, 0.1) is 0 Å². The number of aromatic amines is 2. The smallest absolute Gasteiger partial charge is 0.338 e. The highest BCUT2D eigenvalue weighted by Crippen LogP contribution is 2.18.